The van der Waals surface area contributed by atoms with Gasteiger partial charge in [-0.3, -0.25) is 5.32 Å². The number of hydrogen-bond donors (Lipinski definition) is 1. The summed E-state index contributed by atoms with van der Waals surface area (Å²) >= 11 is 0. The van der Waals surface area contributed by atoms with E-state index in [0.717, 1.165) is 18.2 Å². The van der Waals surface area contributed by atoms with Crippen molar-refractivity contribution in [3.05, 3.63) is 36.1 Å². The van der Waals surface area contributed by atoms with E-state index in [1.54, 1.807) is 0 Å². The van der Waals surface area contributed by atoms with Gasteiger partial charge < -0.3 is 9.47 Å². The van der Waals surface area contributed by atoms with E-state index in [0.29, 0.717) is 6.07 Å². The molecule has 0 aliphatic rings. The molecule has 1 N–H and O–H groups in total. The molecule has 182 valence electrons. The summed E-state index contributed by atoms with van der Waals surface area (Å²) in [6, 6.07) is 0.524. The first-order valence-corrected chi connectivity index (χ1v) is 8.18. The zero-order chi connectivity index (χ0) is 25.3. The predicted molar refractivity (Wildman–Crippen MR) is 87.1 cm³/mol. The maximum atomic E-state index is 13.8. The molecule has 1 aromatic carbocycles. The zero-order valence-corrected chi connectivity index (χ0v) is 16.2. The molecule has 0 fully saturated rings. The Hall–Kier alpha value is -2.74. The number of para-hydroxylation sites is 2. The minimum Gasteiger partial charge on any atom is -0.444 e. The fourth-order valence-electron chi connectivity index (χ4n) is 1.85. The van der Waals surface area contributed by atoms with E-state index in [1.165, 1.54) is 20.8 Å². The van der Waals surface area contributed by atoms with Crippen LogP contribution in [-0.4, -0.2) is 35.6 Å². The van der Waals surface area contributed by atoms with Crippen LogP contribution in [0.15, 0.2) is 36.1 Å². The number of anilines is 1. The molecule has 1 aromatic rings. The van der Waals surface area contributed by atoms with Gasteiger partial charge in [-0.05, 0) is 32.9 Å². The maximum Gasteiger partial charge on any atom is 0.460 e. The molecule has 0 bridgehead atoms. The average Bonchev–Trinajstić information content (AvgIpc) is 2.59. The van der Waals surface area contributed by atoms with Crippen LogP contribution in [0, 0.1) is 0 Å². The van der Waals surface area contributed by atoms with Crippen molar-refractivity contribution in [3.63, 3.8) is 0 Å². The lowest BCUT2D eigenvalue weighted by Gasteiger charge is -2.32. The fourth-order valence-corrected chi connectivity index (χ4v) is 1.85. The summed E-state index contributed by atoms with van der Waals surface area (Å²) in [7, 11) is 0. The number of alkyl halides is 9. The summed E-state index contributed by atoms with van der Waals surface area (Å²) in [5.41, 5.74) is -1.63. The summed E-state index contributed by atoms with van der Waals surface area (Å²) in [5, 5.41) is 1.92. The summed E-state index contributed by atoms with van der Waals surface area (Å²) in [4.78, 5) is 11.7. The number of allylic oxidation sites excluding steroid dienone is 1. The number of benzene rings is 1. The summed E-state index contributed by atoms with van der Waals surface area (Å²) in [6.45, 7) is 4.31. The Bertz CT molecular complexity index is 873. The molecule has 1 rings (SSSR count). The molecular formula is C17H14F11NO3. The van der Waals surface area contributed by atoms with Crippen molar-refractivity contribution < 1.29 is 62.6 Å². The SMILES string of the molecule is CC(C)(C)OC(=O)Nc1ccccc1OC(F)=C(F)C(F)(F)C(F)(F)C(F)(F)C(F)(F)F. The highest BCUT2D eigenvalue weighted by Gasteiger charge is 2.83. The Morgan fingerprint density at radius 3 is 1.81 bits per heavy atom. The minimum atomic E-state index is -7.43. The van der Waals surface area contributed by atoms with Crippen molar-refractivity contribution in [1.29, 1.82) is 0 Å². The number of amides is 1. The maximum absolute atomic E-state index is 13.8. The second kappa shape index (κ2) is 8.65. The van der Waals surface area contributed by atoms with Crippen LogP contribution >= 0.6 is 0 Å². The molecule has 15 heteroatoms. The second-order valence-corrected chi connectivity index (χ2v) is 7.03. The monoisotopic (exact) mass is 489 g/mol. The van der Waals surface area contributed by atoms with Crippen LogP contribution in [-0.2, 0) is 4.74 Å². The molecule has 0 aliphatic carbocycles. The number of hydrogen-bond acceptors (Lipinski definition) is 3. The first-order chi connectivity index (χ1) is 14.1. The van der Waals surface area contributed by atoms with Gasteiger partial charge in [-0.15, -0.1) is 0 Å². The smallest absolute Gasteiger partial charge is 0.444 e. The van der Waals surface area contributed by atoms with Gasteiger partial charge in [0.1, 0.15) is 5.60 Å². The third kappa shape index (κ3) is 5.54. The Labute approximate surface area is 173 Å². The van der Waals surface area contributed by atoms with E-state index in [-0.39, 0.29) is 0 Å². The number of rotatable bonds is 6. The largest absolute Gasteiger partial charge is 0.460 e. The van der Waals surface area contributed by atoms with Gasteiger partial charge in [0.2, 0.25) is 5.83 Å². The van der Waals surface area contributed by atoms with Crippen molar-refractivity contribution >= 4 is 11.8 Å². The molecule has 4 nitrogen and oxygen atoms in total. The molecular weight excluding hydrogens is 475 g/mol. The van der Waals surface area contributed by atoms with Gasteiger partial charge in [0.05, 0.1) is 5.69 Å². The van der Waals surface area contributed by atoms with Gasteiger partial charge in [0.25, 0.3) is 0 Å². The molecule has 0 atom stereocenters. The first-order valence-electron chi connectivity index (χ1n) is 8.18. The minimum absolute atomic E-state index is 0.583. The van der Waals surface area contributed by atoms with Gasteiger partial charge in [-0.2, -0.15) is 48.3 Å². The van der Waals surface area contributed by atoms with Gasteiger partial charge in [0.15, 0.2) is 5.75 Å². The van der Waals surface area contributed by atoms with E-state index < -0.39 is 58.9 Å². The normalized spacial score (nSPS) is 14.6. The first kappa shape index (κ1) is 27.3. The van der Waals surface area contributed by atoms with E-state index >= 15 is 0 Å². The Morgan fingerprint density at radius 2 is 1.34 bits per heavy atom. The number of carbonyl (C=O) groups excluding carboxylic acids is 1. The lowest BCUT2D eigenvalue weighted by Crippen LogP contribution is -2.61. The number of halogens is 11. The predicted octanol–water partition coefficient (Wildman–Crippen LogP) is 6.99. The van der Waals surface area contributed by atoms with Gasteiger partial charge in [-0.25, -0.2) is 4.79 Å². The number of ether oxygens (including phenoxy) is 2. The Morgan fingerprint density at radius 1 is 0.844 bits per heavy atom. The highest BCUT2D eigenvalue weighted by Crippen LogP contribution is 2.55. The topological polar surface area (TPSA) is 47.6 Å². The third-order valence-corrected chi connectivity index (χ3v) is 3.32. The van der Waals surface area contributed by atoms with Gasteiger partial charge in [0, 0.05) is 0 Å². The van der Waals surface area contributed by atoms with Gasteiger partial charge in [-0.1, -0.05) is 12.1 Å². The lowest BCUT2D eigenvalue weighted by atomic mass is 10.0. The highest BCUT2D eigenvalue weighted by atomic mass is 19.4. The van der Waals surface area contributed by atoms with Crippen LogP contribution < -0.4 is 10.1 Å². The summed E-state index contributed by atoms with van der Waals surface area (Å²) in [5.74, 6) is -26.9. The zero-order valence-electron chi connectivity index (χ0n) is 16.2. The van der Waals surface area contributed by atoms with Crippen LogP contribution in [0.1, 0.15) is 20.8 Å². The van der Waals surface area contributed by atoms with Crippen LogP contribution in [0.4, 0.5) is 58.8 Å². The quantitative estimate of drug-likeness (QED) is 0.346. The molecule has 0 aliphatic heterocycles. The van der Waals surface area contributed by atoms with E-state index in [9.17, 15) is 53.1 Å². The van der Waals surface area contributed by atoms with Crippen LogP contribution in [0.2, 0.25) is 0 Å². The van der Waals surface area contributed by atoms with Crippen molar-refractivity contribution in [3.8, 4) is 5.75 Å². The Balaban J connectivity index is 3.29. The molecule has 0 spiro atoms. The van der Waals surface area contributed by atoms with Crippen LogP contribution in [0.3, 0.4) is 0 Å². The Kier molecular flexibility index (Phi) is 7.38. The lowest BCUT2D eigenvalue weighted by molar-refractivity contribution is -0.392. The number of carbonyl (C=O) groups is 1. The second-order valence-electron chi connectivity index (χ2n) is 7.03. The van der Waals surface area contributed by atoms with E-state index in [2.05, 4.69) is 4.74 Å². The molecule has 32 heavy (non-hydrogen) atoms. The highest BCUT2D eigenvalue weighted by molar-refractivity contribution is 5.87. The molecule has 0 radical (unpaired) electrons. The standard InChI is InChI=1S/C17H14F11NO3/c1-13(2,3)32-12(30)29-8-6-4-5-7-9(8)31-11(19)10(18)14(20,21)15(22,23)16(24,25)17(26,27)28/h4-7H,1-3H3,(H,29,30). The van der Waals surface area contributed by atoms with E-state index in [1.807, 2.05) is 5.32 Å². The van der Waals surface area contributed by atoms with Crippen molar-refractivity contribution in [1.82, 2.24) is 0 Å². The molecule has 0 aromatic heterocycles. The van der Waals surface area contributed by atoms with Crippen LogP contribution in [0.25, 0.3) is 0 Å². The fraction of sp³-hybridized carbons (Fsp3) is 0.471. The summed E-state index contributed by atoms with van der Waals surface area (Å²) < 4.78 is 152. The number of nitrogens with one attached hydrogen (secondary N) is 1. The molecule has 0 saturated carbocycles. The molecule has 1 amide bonds. The van der Waals surface area contributed by atoms with Crippen molar-refractivity contribution in [2.75, 3.05) is 5.32 Å². The van der Waals surface area contributed by atoms with E-state index in [4.69, 9.17) is 4.74 Å². The van der Waals surface area contributed by atoms with Crippen LogP contribution in [0.5, 0.6) is 5.75 Å². The molecule has 0 unspecified atom stereocenters. The van der Waals surface area contributed by atoms with Crippen molar-refractivity contribution in [2.24, 2.45) is 0 Å². The third-order valence-electron chi connectivity index (χ3n) is 3.32. The molecule has 0 heterocycles. The van der Waals surface area contributed by atoms with Gasteiger partial charge >= 0.3 is 36.1 Å². The average molecular weight is 489 g/mol. The van der Waals surface area contributed by atoms with Crippen molar-refractivity contribution in [2.45, 2.75) is 50.3 Å². The molecule has 0 saturated heterocycles. The summed E-state index contributed by atoms with van der Waals surface area (Å²) in [6.07, 6.45) is -8.43.